The topological polar surface area (TPSA) is 53.1 Å². The molecular weight excluding hydrogens is 238 g/mol. The largest absolute Gasteiger partial charge is 0.496 e. The van der Waals surface area contributed by atoms with E-state index in [1.807, 2.05) is 19.2 Å². The van der Waals surface area contributed by atoms with Crippen molar-refractivity contribution in [1.29, 1.82) is 0 Å². The predicted molar refractivity (Wildman–Crippen MR) is 68.1 cm³/mol. The quantitative estimate of drug-likeness (QED) is 0.910. The van der Waals surface area contributed by atoms with Crippen molar-refractivity contribution in [3.63, 3.8) is 0 Å². The number of hydrogen-bond acceptors (Lipinski definition) is 3. The summed E-state index contributed by atoms with van der Waals surface area (Å²) in [5, 5.41) is 4.87. The molecular formula is C12H14ClN3O. The van der Waals surface area contributed by atoms with Gasteiger partial charge in [0.25, 0.3) is 0 Å². The van der Waals surface area contributed by atoms with Crippen LogP contribution in [0, 0.1) is 0 Å². The average molecular weight is 252 g/mol. The van der Waals surface area contributed by atoms with Crippen LogP contribution in [0.25, 0.3) is 11.1 Å². The molecule has 0 atom stereocenters. The number of aromatic nitrogens is 2. The minimum Gasteiger partial charge on any atom is -0.496 e. The number of aryl methyl sites for hydroxylation is 1. The van der Waals surface area contributed by atoms with E-state index in [1.54, 1.807) is 24.1 Å². The lowest BCUT2D eigenvalue weighted by atomic mass is 10.1. The van der Waals surface area contributed by atoms with E-state index in [1.165, 1.54) is 0 Å². The Morgan fingerprint density at radius 2 is 2.18 bits per heavy atom. The summed E-state index contributed by atoms with van der Waals surface area (Å²) in [4.78, 5) is 0. The Morgan fingerprint density at radius 3 is 2.82 bits per heavy atom. The molecule has 0 saturated heterocycles. The second kappa shape index (κ2) is 4.77. The summed E-state index contributed by atoms with van der Waals surface area (Å²) in [6.45, 7) is 0.418. The number of nitrogens with zero attached hydrogens (tertiary/aromatic N) is 2. The van der Waals surface area contributed by atoms with Crippen LogP contribution in [0.15, 0.2) is 24.4 Å². The first-order valence-corrected chi connectivity index (χ1v) is 5.60. The molecule has 0 unspecified atom stereocenters. The molecule has 0 aliphatic heterocycles. The van der Waals surface area contributed by atoms with Gasteiger partial charge in [0.15, 0.2) is 0 Å². The molecule has 4 nitrogen and oxygen atoms in total. The van der Waals surface area contributed by atoms with E-state index in [-0.39, 0.29) is 0 Å². The Hall–Kier alpha value is -1.52. The summed E-state index contributed by atoms with van der Waals surface area (Å²) in [6, 6.07) is 5.49. The zero-order chi connectivity index (χ0) is 12.4. The fraction of sp³-hybridized carbons (Fsp3) is 0.250. The molecule has 2 aromatic rings. The predicted octanol–water partition coefficient (Wildman–Crippen LogP) is 2.21. The molecule has 0 radical (unpaired) electrons. The molecule has 2 N–H and O–H groups in total. The van der Waals surface area contributed by atoms with Crippen molar-refractivity contribution in [2.45, 2.75) is 6.54 Å². The van der Waals surface area contributed by atoms with Crippen LogP contribution in [0.4, 0.5) is 0 Å². The van der Waals surface area contributed by atoms with Gasteiger partial charge in [-0.3, -0.25) is 4.68 Å². The first-order valence-electron chi connectivity index (χ1n) is 5.22. The van der Waals surface area contributed by atoms with Gasteiger partial charge in [-0.15, -0.1) is 0 Å². The molecule has 0 fully saturated rings. The summed E-state index contributed by atoms with van der Waals surface area (Å²) >= 11 is 6.01. The van der Waals surface area contributed by atoms with E-state index < -0.39 is 0 Å². The highest BCUT2D eigenvalue weighted by Crippen LogP contribution is 2.34. The van der Waals surface area contributed by atoms with Crippen LogP contribution in [0.1, 0.15) is 5.69 Å². The number of rotatable bonds is 3. The fourth-order valence-electron chi connectivity index (χ4n) is 1.82. The minimum absolute atomic E-state index is 0.418. The van der Waals surface area contributed by atoms with Gasteiger partial charge in [0.05, 0.1) is 19.0 Å². The molecule has 0 bridgehead atoms. The Morgan fingerprint density at radius 1 is 1.41 bits per heavy atom. The van der Waals surface area contributed by atoms with E-state index in [9.17, 15) is 0 Å². The van der Waals surface area contributed by atoms with Crippen molar-refractivity contribution in [2.75, 3.05) is 7.11 Å². The second-order valence-corrected chi connectivity index (χ2v) is 4.11. The molecule has 0 saturated carbocycles. The molecule has 0 spiro atoms. The Balaban J connectivity index is 2.62. The number of benzene rings is 1. The number of halogens is 1. The van der Waals surface area contributed by atoms with Gasteiger partial charge in [0.2, 0.25) is 0 Å². The summed E-state index contributed by atoms with van der Waals surface area (Å²) in [5.74, 6) is 0.761. The van der Waals surface area contributed by atoms with E-state index in [4.69, 9.17) is 22.1 Å². The molecule has 0 aliphatic rings. The normalized spacial score (nSPS) is 10.6. The molecule has 2 rings (SSSR count). The molecule has 90 valence electrons. The van der Waals surface area contributed by atoms with Gasteiger partial charge in [-0.05, 0) is 18.2 Å². The zero-order valence-electron chi connectivity index (χ0n) is 9.77. The first-order chi connectivity index (χ1) is 8.17. The van der Waals surface area contributed by atoms with E-state index in [2.05, 4.69) is 5.10 Å². The third-order valence-corrected chi connectivity index (χ3v) is 2.94. The lowest BCUT2D eigenvalue weighted by Gasteiger charge is -2.09. The van der Waals surface area contributed by atoms with Gasteiger partial charge >= 0.3 is 0 Å². The SMILES string of the molecule is COc1ccc(Cl)cc1-c1cnn(C)c1CN. The molecule has 17 heavy (non-hydrogen) atoms. The molecule has 0 amide bonds. The highest BCUT2D eigenvalue weighted by Gasteiger charge is 2.13. The van der Waals surface area contributed by atoms with Gasteiger partial charge < -0.3 is 10.5 Å². The summed E-state index contributed by atoms with van der Waals surface area (Å²) in [5.41, 5.74) is 8.54. The Labute approximate surface area is 105 Å². The van der Waals surface area contributed by atoms with Crippen LogP contribution < -0.4 is 10.5 Å². The Kier molecular flexibility index (Phi) is 3.36. The second-order valence-electron chi connectivity index (χ2n) is 3.68. The van der Waals surface area contributed by atoms with Crippen molar-refractivity contribution in [1.82, 2.24) is 9.78 Å². The van der Waals surface area contributed by atoms with Crippen molar-refractivity contribution < 1.29 is 4.74 Å². The number of nitrogens with two attached hydrogens (primary N) is 1. The lowest BCUT2D eigenvalue weighted by molar-refractivity contribution is 0.416. The maximum absolute atomic E-state index is 6.01. The van der Waals surface area contributed by atoms with Crippen molar-refractivity contribution >= 4 is 11.6 Å². The van der Waals surface area contributed by atoms with Gasteiger partial charge in [-0.1, -0.05) is 11.6 Å². The monoisotopic (exact) mass is 251 g/mol. The van der Waals surface area contributed by atoms with E-state index in [0.29, 0.717) is 11.6 Å². The third-order valence-electron chi connectivity index (χ3n) is 2.71. The standard InChI is InChI=1S/C12H14ClN3O/c1-16-11(6-14)10(7-15-16)9-5-8(13)3-4-12(9)17-2/h3-5,7H,6,14H2,1-2H3. The fourth-order valence-corrected chi connectivity index (χ4v) is 1.99. The third kappa shape index (κ3) is 2.14. The smallest absolute Gasteiger partial charge is 0.126 e. The van der Waals surface area contributed by atoms with Crippen molar-refractivity contribution in [3.05, 3.63) is 35.1 Å². The van der Waals surface area contributed by atoms with Crippen molar-refractivity contribution in [3.8, 4) is 16.9 Å². The van der Waals surface area contributed by atoms with Crippen LogP contribution >= 0.6 is 11.6 Å². The molecule has 1 aromatic carbocycles. The van der Waals surface area contributed by atoms with Crippen LogP contribution in [0.5, 0.6) is 5.75 Å². The summed E-state index contributed by atoms with van der Waals surface area (Å²) in [6.07, 6.45) is 1.77. The van der Waals surface area contributed by atoms with Crippen LogP contribution in [-0.4, -0.2) is 16.9 Å². The van der Waals surface area contributed by atoms with Gasteiger partial charge in [0.1, 0.15) is 5.75 Å². The minimum atomic E-state index is 0.418. The Bertz CT molecular complexity index is 537. The van der Waals surface area contributed by atoms with Crippen LogP contribution in [0.3, 0.4) is 0 Å². The number of ether oxygens (including phenoxy) is 1. The number of methoxy groups -OCH3 is 1. The molecule has 1 aromatic heterocycles. The number of hydrogen-bond donors (Lipinski definition) is 1. The maximum atomic E-state index is 6.01. The van der Waals surface area contributed by atoms with Gasteiger partial charge in [-0.25, -0.2) is 0 Å². The van der Waals surface area contributed by atoms with Crippen molar-refractivity contribution in [2.24, 2.45) is 12.8 Å². The van der Waals surface area contributed by atoms with E-state index in [0.717, 1.165) is 22.6 Å². The van der Waals surface area contributed by atoms with E-state index >= 15 is 0 Å². The molecule has 5 heteroatoms. The summed E-state index contributed by atoms with van der Waals surface area (Å²) in [7, 11) is 3.49. The first kappa shape index (κ1) is 12.0. The van der Waals surface area contributed by atoms with Gasteiger partial charge in [0, 0.05) is 29.7 Å². The highest BCUT2D eigenvalue weighted by atomic mass is 35.5. The lowest BCUT2D eigenvalue weighted by Crippen LogP contribution is -2.05. The highest BCUT2D eigenvalue weighted by molar-refractivity contribution is 6.31. The molecule has 1 heterocycles. The zero-order valence-corrected chi connectivity index (χ0v) is 10.5. The van der Waals surface area contributed by atoms with Crippen LogP contribution in [-0.2, 0) is 13.6 Å². The molecule has 0 aliphatic carbocycles. The summed E-state index contributed by atoms with van der Waals surface area (Å²) < 4.78 is 7.09. The maximum Gasteiger partial charge on any atom is 0.126 e. The average Bonchev–Trinajstić information content (AvgIpc) is 2.70. The van der Waals surface area contributed by atoms with Crippen LogP contribution in [0.2, 0.25) is 5.02 Å². The van der Waals surface area contributed by atoms with Gasteiger partial charge in [-0.2, -0.15) is 5.10 Å².